The standard InChI is InChI=1S/C19H22N2O2.ClH/c20-13-16-10-11-18(23-16)19(22)21-17-9-5-4-8-15(17)12-14-6-2-1-3-7-14;/h1-9,16,18H,10-13,20H2,(H,21,22);1H/t16-,18+;/m1./s1. The smallest absolute Gasteiger partial charge is 0.253 e. The lowest BCUT2D eigenvalue weighted by atomic mass is 10.0. The average Bonchev–Trinajstić information content (AvgIpc) is 3.07. The minimum atomic E-state index is -0.395. The Morgan fingerprint density at radius 3 is 2.50 bits per heavy atom. The highest BCUT2D eigenvalue weighted by atomic mass is 35.5. The van der Waals surface area contributed by atoms with Crippen molar-refractivity contribution in [1.82, 2.24) is 0 Å². The number of benzene rings is 2. The molecular weight excluding hydrogens is 324 g/mol. The Bertz CT molecular complexity index is 663. The van der Waals surface area contributed by atoms with Crippen LogP contribution in [0, 0.1) is 0 Å². The van der Waals surface area contributed by atoms with Crippen molar-refractivity contribution in [2.45, 2.75) is 31.5 Å². The lowest BCUT2D eigenvalue weighted by Crippen LogP contribution is -2.30. The van der Waals surface area contributed by atoms with Crippen molar-refractivity contribution in [3.63, 3.8) is 0 Å². The number of nitrogens with two attached hydrogens (primary N) is 1. The van der Waals surface area contributed by atoms with Gasteiger partial charge in [0, 0.05) is 12.2 Å². The second-order valence-corrected chi connectivity index (χ2v) is 5.87. The molecule has 0 radical (unpaired) electrons. The molecule has 0 spiro atoms. The van der Waals surface area contributed by atoms with Crippen molar-refractivity contribution in [2.24, 2.45) is 5.73 Å². The molecule has 1 saturated heterocycles. The maximum atomic E-state index is 12.4. The molecule has 0 unspecified atom stereocenters. The van der Waals surface area contributed by atoms with Crippen molar-refractivity contribution in [2.75, 3.05) is 11.9 Å². The summed E-state index contributed by atoms with van der Waals surface area (Å²) >= 11 is 0. The SMILES string of the molecule is Cl.NC[C@H]1CC[C@@H](C(=O)Nc2ccccc2Cc2ccccc2)O1. The van der Waals surface area contributed by atoms with Gasteiger partial charge in [-0.2, -0.15) is 0 Å². The highest BCUT2D eigenvalue weighted by Crippen LogP contribution is 2.23. The van der Waals surface area contributed by atoms with Crippen molar-refractivity contribution >= 4 is 24.0 Å². The summed E-state index contributed by atoms with van der Waals surface area (Å²) in [6, 6.07) is 18.1. The highest BCUT2D eigenvalue weighted by molar-refractivity contribution is 5.95. The number of rotatable bonds is 5. The molecule has 1 aliphatic rings. The Kier molecular flexibility index (Phi) is 6.79. The number of para-hydroxylation sites is 1. The Morgan fingerprint density at radius 1 is 1.08 bits per heavy atom. The molecule has 1 aliphatic heterocycles. The molecule has 0 bridgehead atoms. The number of halogens is 1. The van der Waals surface area contributed by atoms with E-state index < -0.39 is 6.10 Å². The normalized spacial score (nSPS) is 19.5. The van der Waals surface area contributed by atoms with Gasteiger partial charge in [0.2, 0.25) is 0 Å². The van der Waals surface area contributed by atoms with Gasteiger partial charge in [-0.25, -0.2) is 0 Å². The summed E-state index contributed by atoms with van der Waals surface area (Å²) in [5.74, 6) is -0.0820. The minimum absolute atomic E-state index is 0. The van der Waals surface area contributed by atoms with Gasteiger partial charge in [-0.3, -0.25) is 4.79 Å². The van der Waals surface area contributed by atoms with Gasteiger partial charge in [0.15, 0.2) is 0 Å². The number of hydrogen-bond donors (Lipinski definition) is 2. The maximum absolute atomic E-state index is 12.4. The summed E-state index contributed by atoms with van der Waals surface area (Å²) in [4.78, 5) is 12.4. The molecule has 1 amide bonds. The quantitative estimate of drug-likeness (QED) is 0.874. The molecule has 2 aromatic rings. The van der Waals surface area contributed by atoms with E-state index >= 15 is 0 Å². The van der Waals surface area contributed by atoms with Crippen LogP contribution in [0.25, 0.3) is 0 Å². The minimum Gasteiger partial charge on any atom is -0.364 e. The highest BCUT2D eigenvalue weighted by Gasteiger charge is 2.30. The number of ether oxygens (including phenoxy) is 1. The van der Waals surface area contributed by atoms with Gasteiger partial charge in [0.1, 0.15) is 6.10 Å². The van der Waals surface area contributed by atoms with E-state index in [2.05, 4.69) is 17.4 Å². The summed E-state index contributed by atoms with van der Waals surface area (Å²) in [6.07, 6.45) is 1.97. The molecule has 1 heterocycles. The lowest BCUT2D eigenvalue weighted by Gasteiger charge is -2.15. The number of carbonyl (C=O) groups excluding carboxylic acids is 1. The Hall–Kier alpha value is -1.88. The van der Waals surface area contributed by atoms with E-state index in [1.165, 1.54) is 5.56 Å². The maximum Gasteiger partial charge on any atom is 0.253 e. The van der Waals surface area contributed by atoms with E-state index in [1.807, 2.05) is 42.5 Å². The molecule has 5 heteroatoms. The number of hydrogen-bond acceptors (Lipinski definition) is 3. The molecule has 0 aromatic heterocycles. The predicted octanol–water partition coefficient (Wildman–Crippen LogP) is 3.14. The number of nitrogens with one attached hydrogen (secondary N) is 1. The molecule has 4 nitrogen and oxygen atoms in total. The first-order chi connectivity index (χ1) is 11.3. The molecule has 24 heavy (non-hydrogen) atoms. The van der Waals surface area contributed by atoms with E-state index in [0.29, 0.717) is 6.54 Å². The van der Waals surface area contributed by atoms with Crippen LogP contribution >= 0.6 is 12.4 Å². The zero-order valence-electron chi connectivity index (χ0n) is 13.5. The molecule has 3 rings (SSSR count). The fraction of sp³-hybridized carbons (Fsp3) is 0.316. The number of carbonyl (C=O) groups is 1. The third-order valence-electron chi connectivity index (χ3n) is 4.18. The molecule has 2 atom stereocenters. The topological polar surface area (TPSA) is 64.4 Å². The third-order valence-corrected chi connectivity index (χ3v) is 4.18. The van der Waals surface area contributed by atoms with E-state index in [-0.39, 0.29) is 24.4 Å². The van der Waals surface area contributed by atoms with Crippen LogP contribution in [-0.4, -0.2) is 24.7 Å². The van der Waals surface area contributed by atoms with Gasteiger partial charge in [0.25, 0.3) is 5.91 Å². The van der Waals surface area contributed by atoms with Gasteiger partial charge in [-0.05, 0) is 36.5 Å². The lowest BCUT2D eigenvalue weighted by molar-refractivity contribution is -0.126. The van der Waals surface area contributed by atoms with Crippen molar-refractivity contribution < 1.29 is 9.53 Å². The summed E-state index contributed by atoms with van der Waals surface area (Å²) in [6.45, 7) is 0.467. The fourth-order valence-electron chi connectivity index (χ4n) is 2.90. The molecule has 1 fully saturated rings. The van der Waals surface area contributed by atoms with Crippen molar-refractivity contribution in [3.8, 4) is 0 Å². The van der Waals surface area contributed by atoms with E-state index in [9.17, 15) is 4.79 Å². The van der Waals surface area contributed by atoms with E-state index in [0.717, 1.165) is 30.5 Å². The first kappa shape index (κ1) is 18.5. The van der Waals surface area contributed by atoms with Crippen LogP contribution in [0.3, 0.4) is 0 Å². The van der Waals surface area contributed by atoms with E-state index in [1.54, 1.807) is 0 Å². The first-order valence-electron chi connectivity index (χ1n) is 8.04. The first-order valence-corrected chi connectivity index (χ1v) is 8.04. The van der Waals surface area contributed by atoms with Crippen molar-refractivity contribution in [1.29, 1.82) is 0 Å². The summed E-state index contributed by atoms with van der Waals surface area (Å²) < 4.78 is 5.67. The third kappa shape index (κ3) is 4.57. The molecule has 0 saturated carbocycles. The van der Waals surface area contributed by atoms with Gasteiger partial charge in [-0.15, -0.1) is 12.4 Å². The van der Waals surface area contributed by atoms with Crippen LogP contribution in [0.4, 0.5) is 5.69 Å². The van der Waals surface area contributed by atoms with Gasteiger partial charge in [-0.1, -0.05) is 48.5 Å². The van der Waals surface area contributed by atoms with Gasteiger partial charge in [0.05, 0.1) is 6.10 Å². The van der Waals surface area contributed by atoms with Crippen LogP contribution in [-0.2, 0) is 16.0 Å². The predicted molar refractivity (Wildman–Crippen MR) is 98.5 cm³/mol. The van der Waals surface area contributed by atoms with Crippen molar-refractivity contribution in [3.05, 3.63) is 65.7 Å². The summed E-state index contributed by atoms with van der Waals surface area (Å²) in [5.41, 5.74) is 8.77. The fourth-order valence-corrected chi connectivity index (χ4v) is 2.90. The van der Waals surface area contributed by atoms with Crippen LogP contribution in [0.2, 0.25) is 0 Å². The largest absolute Gasteiger partial charge is 0.364 e. The summed E-state index contributed by atoms with van der Waals surface area (Å²) in [5, 5.41) is 3.01. The molecule has 128 valence electrons. The number of anilines is 1. The zero-order valence-corrected chi connectivity index (χ0v) is 14.3. The van der Waals surface area contributed by atoms with Crippen LogP contribution < -0.4 is 11.1 Å². The molecule has 2 aromatic carbocycles. The second kappa shape index (κ2) is 8.83. The zero-order chi connectivity index (χ0) is 16.1. The average molecular weight is 347 g/mol. The van der Waals surface area contributed by atoms with Crippen LogP contribution in [0.1, 0.15) is 24.0 Å². The second-order valence-electron chi connectivity index (χ2n) is 5.87. The Morgan fingerprint density at radius 2 is 1.79 bits per heavy atom. The molecular formula is C19H23ClN2O2. The van der Waals surface area contributed by atoms with E-state index in [4.69, 9.17) is 10.5 Å². The number of amides is 1. The summed E-state index contributed by atoms with van der Waals surface area (Å²) in [7, 11) is 0. The Labute approximate surface area is 148 Å². The molecule has 3 N–H and O–H groups in total. The van der Waals surface area contributed by atoms with Gasteiger partial charge >= 0.3 is 0 Å². The monoisotopic (exact) mass is 346 g/mol. The van der Waals surface area contributed by atoms with Crippen LogP contribution in [0.15, 0.2) is 54.6 Å². The molecule has 0 aliphatic carbocycles. The Balaban J connectivity index is 0.00000208. The van der Waals surface area contributed by atoms with Gasteiger partial charge < -0.3 is 15.8 Å². The van der Waals surface area contributed by atoms with Crippen LogP contribution in [0.5, 0.6) is 0 Å².